The van der Waals surface area contributed by atoms with Gasteiger partial charge in [-0.25, -0.2) is 0 Å². The Kier molecular flexibility index (Phi) is 5.69. The van der Waals surface area contributed by atoms with Crippen LogP contribution in [0.5, 0.6) is 11.5 Å². The Balaban J connectivity index is 2.20. The van der Waals surface area contributed by atoms with Crippen LogP contribution in [0.15, 0.2) is 41.6 Å². The van der Waals surface area contributed by atoms with Gasteiger partial charge >= 0.3 is 0 Å². The van der Waals surface area contributed by atoms with E-state index < -0.39 is 0 Å². The zero-order chi connectivity index (χ0) is 15.2. The topological polar surface area (TPSA) is 51.0 Å². The summed E-state index contributed by atoms with van der Waals surface area (Å²) in [7, 11) is 1.57. The van der Waals surface area contributed by atoms with Gasteiger partial charge in [0.15, 0.2) is 11.5 Å². The number of oxime groups is 1. The standard InChI is InChI=1S/C15H13ClINO3/c1-20-14-7-11(8-18-19)6-13(17)15(14)21-9-10-2-4-12(16)5-3-10/h2-8,19H,9H2,1H3/b18-8-. The first-order valence-corrected chi connectivity index (χ1v) is 7.52. The SMILES string of the molecule is COc1cc(/C=N\O)cc(I)c1OCc1ccc(Cl)cc1. The Bertz CT molecular complexity index is 644. The fourth-order valence-corrected chi connectivity index (χ4v) is 2.66. The number of nitrogens with zero attached hydrogens (tertiary/aromatic N) is 1. The molecular weight excluding hydrogens is 405 g/mol. The van der Waals surface area contributed by atoms with E-state index in [2.05, 4.69) is 27.7 Å². The van der Waals surface area contributed by atoms with Gasteiger partial charge in [0, 0.05) is 10.6 Å². The van der Waals surface area contributed by atoms with Crippen LogP contribution in [0.1, 0.15) is 11.1 Å². The highest BCUT2D eigenvalue weighted by molar-refractivity contribution is 14.1. The number of hydrogen-bond donors (Lipinski definition) is 1. The van der Waals surface area contributed by atoms with Crippen molar-refractivity contribution < 1.29 is 14.7 Å². The summed E-state index contributed by atoms with van der Waals surface area (Å²) in [6.45, 7) is 0.414. The Morgan fingerprint density at radius 3 is 2.62 bits per heavy atom. The molecule has 2 aromatic rings. The van der Waals surface area contributed by atoms with E-state index in [-0.39, 0.29) is 0 Å². The maximum Gasteiger partial charge on any atom is 0.174 e. The molecule has 0 atom stereocenters. The molecule has 6 heteroatoms. The van der Waals surface area contributed by atoms with E-state index in [0.29, 0.717) is 23.1 Å². The molecule has 21 heavy (non-hydrogen) atoms. The van der Waals surface area contributed by atoms with Gasteiger partial charge in [0.1, 0.15) is 6.61 Å². The van der Waals surface area contributed by atoms with E-state index in [0.717, 1.165) is 14.7 Å². The molecule has 0 aliphatic rings. The predicted molar refractivity (Wildman–Crippen MR) is 90.9 cm³/mol. The first-order valence-electron chi connectivity index (χ1n) is 6.06. The Hall–Kier alpha value is -1.47. The molecule has 0 saturated heterocycles. The molecule has 4 nitrogen and oxygen atoms in total. The molecule has 0 saturated carbocycles. The van der Waals surface area contributed by atoms with E-state index in [1.807, 2.05) is 30.3 Å². The largest absolute Gasteiger partial charge is 0.493 e. The van der Waals surface area contributed by atoms with Crippen molar-refractivity contribution >= 4 is 40.4 Å². The maximum absolute atomic E-state index is 8.60. The summed E-state index contributed by atoms with van der Waals surface area (Å²) >= 11 is 8.01. The van der Waals surface area contributed by atoms with Crippen LogP contribution in [0.25, 0.3) is 0 Å². The van der Waals surface area contributed by atoms with Crippen LogP contribution in [-0.4, -0.2) is 18.5 Å². The third-order valence-electron chi connectivity index (χ3n) is 2.76. The van der Waals surface area contributed by atoms with Gasteiger partial charge in [-0.15, -0.1) is 0 Å². The second-order valence-electron chi connectivity index (χ2n) is 4.19. The fraction of sp³-hybridized carbons (Fsp3) is 0.133. The van der Waals surface area contributed by atoms with Gasteiger partial charge in [0.25, 0.3) is 0 Å². The zero-order valence-electron chi connectivity index (χ0n) is 11.2. The van der Waals surface area contributed by atoms with Crippen molar-refractivity contribution in [2.45, 2.75) is 6.61 Å². The van der Waals surface area contributed by atoms with E-state index in [1.54, 1.807) is 13.2 Å². The molecule has 0 spiro atoms. The molecule has 110 valence electrons. The van der Waals surface area contributed by atoms with Crippen molar-refractivity contribution in [1.82, 2.24) is 0 Å². The summed E-state index contributed by atoms with van der Waals surface area (Å²) in [4.78, 5) is 0. The summed E-state index contributed by atoms with van der Waals surface area (Å²) in [6, 6.07) is 11.1. The number of ether oxygens (including phenoxy) is 2. The van der Waals surface area contributed by atoms with E-state index in [1.165, 1.54) is 6.21 Å². The molecule has 0 bridgehead atoms. The second kappa shape index (κ2) is 7.51. The van der Waals surface area contributed by atoms with Gasteiger partial charge in [-0.05, 0) is 52.4 Å². The lowest BCUT2D eigenvalue weighted by Gasteiger charge is -2.13. The molecule has 0 aliphatic heterocycles. The van der Waals surface area contributed by atoms with Crippen LogP contribution in [0.2, 0.25) is 5.02 Å². The molecule has 0 radical (unpaired) electrons. The lowest BCUT2D eigenvalue weighted by Crippen LogP contribution is -2.00. The highest BCUT2D eigenvalue weighted by atomic mass is 127. The first kappa shape index (κ1) is 15.9. The molecule has 0 aliphatic carbocycles. The number of methoxy groups -OCH3 is 1. The van der Waals surface area contributed by atoms with Gasteiger partial charge in [-0.3, -0.25) is 0 Å². The molecule has 1 N–H and O–H groups in total. The Morgan fingerprint density at radius 1 is 1.29 bits per heavy atom. The van der Waals surface area contributed by atoms with E-state index in [4.69, 9.17) is 26.3 Å². The van der Waals surface area contributed by atoms with Crippen LogP contribution in [0.4, 0.5) is 0 Å². The van der Waals surface area contributed by atoms with Crippen molar-refractivity contribution in [3.05, 3.63) is 56.1 Å². The fourth-order valence-electron chi connectivity index (χ4n) is 1.76. The molecule has 2 aromatic carbocycles. The van der Waals surface area contributed by atoms with Gasteiger partial charge in [0.05, 0.1) is 16.9 Å². The summed E-state index contributed by atoms with van der Waals surface area (Å²) in [5.41, 5.74) is 1.75. The number of hydrogen-bond acceptors (Lipinski definition) is 4. The highest BCUT2D eigenvalue weighted by Gasteiger charge is 2.11. The van der Waals surface area contributed by atoms with Gasteiger partial charge < -0.3 is 14.7 Å². The summed E-state index contributed by atoms with van der Waals surface area (Å²) in [6.07, 6.45) is 1.34. The predicted octanol–water partition coefficient (Wildman–Crippen LogP) is 4.34. The van der Waals surface area contributed by atoms with E-state index >= 15 is 0 Å². The monoisotopic (exact) mass is 417 g/mol. The average molecular weight is 418 g/mol. The second-order valence-corrected chi connectivity index (χ2v) is 5.79. The number of halogens is 2. The molecule has 0 unspecified atom stereocenters. The lowest BCUT2D eigenvalue weighted by atomic mass is 10.2. The van der Waals surface area contributed by atoms with Crippen LogP contribution in [-0.2, 0) is 6.61 Å². The van der Waals surface area contributed by atoms with Gasteiger partial charge in [-0.2, -0.15) is 0 Å². The molecule has 2 rings (SSSR count). The summed E-state index contributed by atoms with van der Waals surface area (Å²) in [5, 5.41) is 12.3. The minimum Gasteiger partial charge on any atom is -0.493 e. The van der Waals surface area contributed by atoms with Crippen molar-refractivity contribution in [1.29, 1.82) is 0 Å². The quantitative estimate of drug-likeness (QED) is 0.341. The number of benzene rings is 2. The first-order chi connectivity index (χ1) is 10.1. The minimum atomic E-state index is 0.414. The zero-order valence-corrected chi connectivity index (χ0v) is 14.1. The highest BCUT2D eigenvalue weighted by Crippen LogP contribution is 2.34. The average Bonchev–Trinajstić information content (AvgIpc) is 2.47. The molecule has 0 fully saturated rings. The van der Waals surface area contributed by atoms with Gasteiger partial charge in [0.2, 0.25) is 0 Å². The molecule has 0 amide bonds. The van der Waals surface area contributed by atoms with Crippen molar-refractivity contribution in [3.8, 4) is 11.5 Å². The van der Waals surface area contributed by atoms with E-state index in [9.17, 15) is 0 Å². The van der Waals surface area contributed by atoms with Crippen LogP contribution in [0, 0.1) is 3.57 Å². The Labute approximate surface area is 141 Å². The van der Waals surface area contributed by atoms with Crippen LogP contribution >= 0.6 is 34.2 Å². The van der Waals surface area contributed by atoms with Crippen LogP contribution in [0.3, 0.4) is 0 Å². The van der Waals surface area contributed by atoms with Crippen LogP contribution < -0.4 is 9.47 Å². The van der Waals surface area contributed by atoms with Crippen molar-refractivity contribution in [2.75, 3.05) is 7.11 Å². The lowest BCUT2D eigenvalue weighted by molar-refractivity contribution is 0.282. The third-order valence-corrected chi connectivity index (χ3v) is 3.81. The smallest absolute Gasteiger partial charge is 0.174 e. The van der Waals surface area contributed by atoms with Crippen molar-refractivity contribution in [3.63, 3.8) is 0 Å². The molecular formula is C15H13ClINO3. The summed E-state index contributed by atoms with van der Waals surface area (Å²) < 4.78 is 12.0. The third kappa shape index (κ3) is 4.25. The summed E-state index contributed by atoms with van der Waals surface area (Å²) in [5.74, 6) is 1.24. The minimum absolute atomic E-state index is 0.414. The molecule has 0 heterocycles. The number of rotatable bonds is 5. The Morgan fingerprint density at radius 2 is 2.00 bits per heavy atom. The maximum atomic E-state index is 8.60. The molecule has 0 aromatic heterocycles. The van der Waals surface area contributed by atoms with Crippen molar-refractivity contribution in [2.24, 2.45) is 5.16 Å². The van der Waals surface area contributed by atoms with Gasteiger partial charge in [-0.1, -0.05) is 28.9 Å². The normalized spacial score (nSPS) is 10.8.